The third-order valence-corrected chi connectivity index (χ3v) is 8.63. The molecule has 0 saturated carbocycles. The van der Waals surface area contributed by atoms with Crippen molar-refractivity contribution in [3.63, 3.8) is 0 Å². The van der Waals surface area contributed by atoms with Crippen LogP contribution in [0, 0.1) is 0 Å². The number of amides is 3. The number of nitrogens with one attached hydrogen (secondary N) is 1. The van der Waals surface area contributed by atoms with Crippen LogP contribution < -0.4 is 10.1 Å². The molecule has 3 aromatic carbocycles. The smallest absolute Gasteiger partial charge is 0.339 e. The number of halogens is 5. The summed E-state index contributed by atoms with van der Waals surface area (Å²) in [5.74, 6) is -1.38. The van der Waals surface area contributed by atoms with E-state index in [0.29, 0.717) is 30.3 Å². The molecule has 1 aliphatic rings. The second kappa shape index (κ2) is 14.3. The van der Waals surface area contributed by atoms with E-state index >= 15 is 0 Å². The minimum absolute atomic E-state index is 0.0768. The number of anilines is 1. The highest BCUT2D eigenvalue weighted by atomic mass is 79.9. The van der Waals surface area contributed by atoms with Gasteiger partial charge in [0.1, 0.15) is 18.9 Å². The van der Waals surface area contributed by atoms with Crippen molar-refractivity contribution in [2.75, 3.05) is 18.5 Å². The second-order valence-corrected chi connectivity index (χ2v) is 12.5. The lowest BCUT2D eigenvalue weighted by Gasteiger charge is -2.13. The molecular formula is C28H19Br2Cl3N2O6S. The van der Waals surface area contributed by atoms with Gasteiger partial charge in [0.05, 0.1) is 31.0 Å². The Morgan fingerprint density at radius 2 is 1.71 bits per heavy atom. The number of thioether (sulfide) groups is 1. The van der Waals surface area contributed by atoms with Gasteiger partial charge in [0, 0.05) is 21.3 Å². The number of hydrogen-bond donors (Lipinski definition) is 1. The van der Waals surface area contributed by atoms with E-state index in [2.05, 4.69) is 37.2 Å². The number of hydrogen-bond acceptors (Lipinski definition) is 7. The largest absolute Gasteiger partial charge is 0.486 e. The molecule has 0 radical (unpaired) electrons. The van der Waals surface area contributed by atoms with Gasteiger partial charge >= 0.3 is 5.97 Å². The molecule has 218 valence electrons. The molecule has 0 atom stereocenters. The predicted molar refractivity (Wildman–Crippen MR) is 171 cm³/mol. The van der Waals surface area contributed by atoms with Gasteiger partial charge in [-0.3, -0.25) is 19.3 Å². The minimum Gasteiger partial charge on any atom is -0.486 e. The molecule has 8 nitrogen and oxygen atoms in total. The van der Waals surface area contributed by atoms with Gasteiger partial charge in [-0.25, -0.2) is 4.79 Å². The summed E-state index contributed by atoms with van der Waals surface area (Å²) in [6.45, 7) is 1.48. The number of benzene rings is 3. The van der Waals surface area contributed by atoms with Gasteiger partial charge in [0.25, 0.3) is 11.1 Å². The summed E-state index contributed by atoms with van der Waals surface area (Å²) < 4.78 is 12.1. The number of esters is 1. The number of carbonyl (C=O) groups excluding carboxylic acids is 4. The molecule has 0 aromatic heterocycles. The predicted octanol–water partition coefficient (Wildman–Crippen LogP) is 8.60. The molecule has 1 N–H and O–H groups in total. The maximum absolute atomic E-state index is 13.0. The Bertz CT molecular complexity index is 1610. The first kappa shape index (κ1) is 32.4. The van der Waals surface area contributed by atoms with Crippen LogP contribution in [0.1, 0.15) is 28.4 Å². The lowest BCUT2D eigenvalue weighted by atomic mass is 10.2. The minimum atomic E-state index is -0.640. The average Bonchev–Trinajstić information content (AvgIpc) is 3.17. The van der Waals surface area contributed by atoms with Crippen molar-refractivity contribution in [3.8, 4) is 5.75 Å². The van der Waals surface area contributed by atoms with E-state index in [4.69, 9.17) is 44.3 Å². The summed E-state index contributed by atoms with van der Waals surface area (Å²) in [6, 6.07) is 12.9. The highest BCUT2D eigenvalue weighted by molar-refractivity contribution is 9.11. The number of rotatable bonds is 9. The van der Waals surface area contributed by atoms with Crippen molar-refractivity contribution in [1.82, 2.24) is 4.90 Å². The molecule has 42 heavy (non-hydrogen) atoms. The second-order valence-electron chi connectivity index (χ2n) is 8.57. The van der Waals surface area contributed by atoms with Crippen molar-refractivity contribution in [2.45, 2.75) is 13.5 Å². The molecule has 1 aliphatic heterocycles. The van der Waals surface area contributed by atoms with Crippen LogP contribution in [-0.2, 0) is 20.9 Å². The fraction of sp³-hybridized carbons (Fsp3) is 0.143. The van der Waals surface area contributed by atoms with Crippen LogP contribution in [0.5, 0.6) is 5.75 Å². The zero-order valence-corrected chi connectivity index (χ0v) is 27.8. The number of nitrogens with zero attached hydrogens (tertiary/aromatic N) is 1. The van der Waals surface area contributed by atoms with Crippen molar-refractivity contribution in [2.24, 2.45) is 0 Å². The molecule has 0 aliphatic carbocycles. The molecule has 1 saturated heterocycles. The average molecular weight is 778 g/mol. The first-order valence-corrected chi connectivity index (χ1v) is 15.6. The fourth-order valence-electron chi connectivity index (χ4n) is 3.69. The van der Waals surface area contributed by atoms with Gasteiger partial charge in [0.15, 0.2) is 0 Å². The van der Waals surface area contributed by atoms with Gasteiger partial charge in [-0.05, 0) is 105 Å². The van der Waals surface area contributed by atoms with E-state index in [1.165, 1.54) is 18.2 Å². The van der Waals surface area contributed by atoms with Crippen LogP contribution in [0.3, 0.4) is 0 Å². The molecule has 1 fully saturated rings. The Labute approximate surface area is 276 Å². The van der Waals surface area contributed by atoms with Gasteiger partial charge in [-0.1, -0.05) is 40.9 Å². The van der Waals surface area contributed by atoms with Gasteiger partial charge in [0.2, 0.25) is 5.91 Å². The highest BCUT2D eigenvalue weighted by Gasteiger charge is 2.36. The standard InChI is InChI=1S/C28H19Br2Cl3N2O6S/c1-2-40-27(38)18-11-17(5-6-21(18)32)34-24(36)12-35-26(37)23(42-28(35)39)9-14-7-19(29)25(20(30)8-14)41-13-15-3-4-16(31)10-22(15)33/h3-11H,2,12-13H2,1H3,(H,34,36)/b23-9+. The van der Waals surface area contributed by atoms with E-state index in [1.54, 1.807) is 43.3 Å². The molecule has 0 spiro atoms. The summed E-state index contributed by atoms with van der Waals surface area (Å²) >= 11 is 25.9. The summed E-state index contributed by atoms with van der Waals surface area (Å²) in [5.41, 5.74) is 1.68. The molecule has 3 amide bonds. The number of imide groups is 1. The van der Waals surface area contributed by atoms with E-state index in [1.807, 2.05) is 0 Å². The van der Waals surface area contributed by atoms with Crippen LogP contribution in [0.25, 0.3) is 6.08 Å². The Morgan fingerprint density at radius 3 is 2.38 bits per heavy atom. The van der Waals surface area contributed by atoms with Gasteiger partial charge in [-0.15, -0.1) is 0 Å². The maximum atomic E-state index is 13.0. The van der Waals surface area contributed by atoms with Crippen LogP contribution in [-0.4, -0.2) is 41.1 Å². The maximum Gasteiger partial charge on any atom is 0.339 e. The fourth-order valence-corrected chi connectivity index (χ4v) is 6.64. The zero-order valence-electron chi connectivity index (χ0n) is 21.5. The SMILES string of the molecule is CCOC(=O)c1cc(NC(=O)CN2C(=O)S/C(=C/c3cc(Br)c(OCc4ccc(Cl)cc4Cl)c(Br)c3)C2=O)ccc1Cl. The summed E-state index contributed by atoms with van der Waals surface area (Å²) in [5, 5.41) is 3.13. The Hall–Kier alpha value is -2.54. The Balaban J connectivity index is 1.43. The number of carbonyl (C=O) groups is 4. The van der Waals surface area contributed by atoms with E-state index < -0.39 is 29.6 Å². The summed E-state index contributed by atoms with van der Waals surface area (Å²) in [6.07, 6.45) is 1.54. The molecule has 1 heterocycles. The van der Waals surface area contributed by atoms with Gasteiger partial charge in [-0.2, -0.15) is 0 Å². The molecular weight excluding hydrogens is 759 g/mol. The highest BCUT2D eigenvalue weighted by Crippen LogP contribution is 2.38. The quantitative estimate of drug-likeness (QED) is 0.172. The molecule has 4 rings (SSSR count). The summed E-state index contributed by atoms with van der Waals surface area (Å²) in [4.78, 5) is 51.3. The van der Waals surface area contributed by atoms with Crippen molar-refractivity contribution in [1.29, 1.82) is 0 Å². The van der Waals surface area contributed by atoms with Crippen molar-refractivity contribution >= 4 is 113 Å². The molecule has 0 unspecified atom stereocenters. The molecule has 3 aromatic rings. The van der Waals surface area contributed by atoms with Crippen LogP contribution in [0.15, 0.2) is 62.4 Å². The lowest BCUT2D eigenvalue weighted by molar-refractivity contribution is -0.127. The van der Waals surface area contributed by atoms with E-state index in [9.17, 15) is 19.2 Å². The monoisotopic (exact) mass is 774 g/mol. The lowest BCUT2D eigenvalue weighted by Crippen LogP contribution is -2.36. The topological polar surface area (TPSA) is 102 Å². The van der Waals surface area contributed by atoms with Gasteiger partial charge < -0.3 is 14.8 Å². The third kappa shape index (κ3) is 7.89. The van der Waals surface area contributed by atoms with Crippen molar-refractivity contribution < 1.29 is 28.7 Å². The first-order chi connectivity index (χ1) is 20.0. The van der Waals surface area contributed by atoms with E-state index in [-0.39, 0.29) is 34.4 Å². The first-order valence-electron chi connectivity index (χ1n) is 12.0. The van der Waals surface area contributed by atoms with Crippen molar-refractivity contribution in [3.05, 3.63) is 94.1 Å². The van der Waals surface area contributed by atoms with Crippen LogP contribution in [0.4, 0.5) is 10.5 Å². The normalized spacial score (nSPS) is 14.0. The third-order valence-electron chi connectivity index (χ3n) is 5.63. The zero-order chi connectivity index (χ0) is 30.6. The Kier molecular flexibility index (Phi) is 11.0. The van der Waals surface area contributed by atoms with Crippen LogP contribution in [0.2, 0.25) is 15.1 Å². The Morgan fingerprint density at radius 1 is 1.00 bits per heavy atom. The summed E-state index contributed by atoms with van der Waals surface area (Å²) in [7, 11) is 0. The number of ether oxygens (including phenoxy) is 2. The van der Waals surface area contributed by atoms with E-state index in [0.717, 1.165) is 22.2 Å². The van der Waals surface area contributed by atoms with Crippen LogP contribution >= 0.6 is 78.4 Å². The molecule has 0 bridgehead atoms. The molecule has 14 heteroatoms.